The number of piperidine rings is 1. The molecule has 19 heavy (non-hydrogen) atoms. The summed E-state index contributed by atoms with van der Waals surface area (Å²) in [5, 5.41) is 11.3. The molecule has 3 amide bonds. The highest BCUT2D eigenvalue weighted by Gasteiger charge is 2.24. The Morgan fingerprint density at radius 2 is 1.95 bits per heavy atom. The standard InChI is InChI=1S/C12H21N3O4/c1-8(6-11(17)18)14-12(19)15-4-2-9(3-5-15)7-10(13)16/h8-9H,2-7H2,1H3,(H2,13,16)(H,14,19)(H,17,18). The van der Waals surface area contributed by atoms with E-state index in [4.69, 9.17) is 10.8 Å². The van der Waals surface area contributed by atoms with Crippen LogP contribution < -0.4 is 11.1 Å². The van der Waals surface area contributed by atoms with E-state index in [0.29, 0.717) is 19.5 Å². The number of nitrogens with one attached hydrogen (secondary N) is 1. The number of hydrogen-bond acceptors (Lipinski definition) is 3. The number of aliphatic carboxylic acids is 1. The third kappa shape index (κ3) is 5.58. The molecule has 0 aromatic rings. The van der Waals surface area contributed by atoms with E-state index in [-0.39, 0.29) is 24.3 Å². The summed E-state index contributed by atoms with van der Waals surface area (Å²) >= 11 is 0. The lowest BCUT2D eigenvalue weighted by Crippen LogP contribution is -2.47. The summed E-state index contributed by atoms with van der Waals surface area (Å²) in [4.78, 5) is 34.8. The van der Waals surface area contributed by atoms with Crippen molar-refractivity contribution in [2.45, 2.75) is 38.6 Å². The number of nitrogens with zero attached hydrogens (tertiary/aromatic N) is 1. The molecule has 0 aromatic heterocycles. The van der Waals surface area contributed by atoms with Crippen LogP contribution in [-0.4, -0.2) is 47.0 Å². The minimum absolute atomic E-state index is 0.0934. The number of carboxylic acids is 1. The fourth-order valence-corrected chi connectivity index (χ4v) is 2.24. The molecule has 1 aliphatic heterocycles. The Morgan fingerprint density at radius 3 is 2.42 bits per heavy atom. The zero-order valence-corrected chi connectivity index (χ0v) is 11.1. The third-order valence-corrected chi connectivity index (χ3v) is 3.24. The van der Waals surface area contributed by atoms with Gasteiger partial charge in [-0.3, -0.25) is 9.59 Å². The molecular formula is C12H21N3O4. The van der Waals surface area contributed by atoms with Crippen molar-refractivity contribution >= 4 is 17.9 Å². The van der Waals surface area contributed by atoms with E-state index < -0.39 is 12.0 Å². The lowest BCUT2D eigenvalue weighted by Gasteiger charge is -2.32. The lowest BCUT2D eigenvalue weighted by atomic mass is 9.93. The zero-order chi connectivity index (χ0) is 14.4. The van der Waals surface area contributed by atoms with Gasteiger partial charge in [0.2, 0.25) is 5.91 Å². The van der Waals surface area contributed by atoms with Gasteiger partial charge in [-0.25, -0.2) is 4.79 Å². The number of urea groups is 1. The van der Waals surface area contributed by atoms with E-state index in [1.165, 1.54) is 0 Å². The molecule has 0 aromatic carbocycles. The summed E-state index contributed by atoms with van der Waals surface area (Å²) in [6, 6.07) is -0.639. The number of nitrogens with two attached hydrogens (primary N) is 1. The number of primary amides is 1. The monoisotopic (exact) mass is 271 g/mol. The molecule has 4 N–H and O–H groups in total. The van der Waals surface area contributed by atoms with E-state index in [0.717, 1.165) is 12.8 Å². The van der Waals surface area contributed by atoms with E-state index >= 15 is 0 Å². The van der Waals surface area contributed by atoms with Crippen LogP contribution in [-0.2, 0) is 9.59 Å². The molecule has 1 saturated heterocycles. The maximum absolute atomic E-state index is 11.8. The van der Waals surface area contributed by atoms with Crippen LogP contribution in [0.3, 0.4) is 0 Å². The first kappa shape index (κ1) is 15.3. The predicted molar refractivity (Wildman–Crippen MR) is 68.4 cm³/mol. The fourth-order valence-electron chi connectivity index (χ4n) is 2.24. The van der Waals surface area contributed by atoms with Crippen molar-refractivity contribution in [3.63, 3.8) is 0 Å². The fraction of sp³-hybridized carbons (Fsp3) is 0.750. The van der Waals surface area contributed by atoms with Gasteiger partial charge >= 0.3 is 12.0 Å². The van der Waals surface area contributed by atoms with E-state index in [2.05, 4.69) is 5.32 Å². The highest BCUT2D eigenvalue weighted by molar-refractivity contribution is 5.76. The predicted octanol–water partition coefficient (Wildman–Crippen LogP) is 0.147. The van der Waals surface area contributed by atoms with Crippen LogP contribution in [0.4, 0.5) is 4.79 Å². The van der Waals surface area contributed by atoms with Crippen LogP contribution in [0.1, 0.15) is 32.6 Å². The van der Waals surface area contributed by atoms with Gasteiger partial charge in [-0.05, 0) is 25.7 Å². The number of carbonyl (C=O) groups excluding carboxylic acids is 2. The molecule has 1 heterocycles. The first-order chi connectivity index (χ1) is 8.88. The Morgan fingerprint density at radius 1 is 1.37 bits per heavy atom. The van der Waals surface area contributed by atoms with Crippen LogP contribution in [0.15, 0.2) is 0 Å². The molecule has 7 heteroatoms. The molecule has 0 aliphatic carbocycles. The highest BCUT2D eigenvalue weighted by atomic mass is 16.4. The van der Waals surface area contributed by atoms with Gasteiger partial charge < -0.3 is 21.1 Å². The van der Waals surface area contributed by atoms with Gasteiger partial charge in [-0.2, -0.15) is 0 Å². The summed E-state index contributed by atoms with van der Waals surface area (Å²) < 4.78 is 0. The van der Waals surface area contributed by atoms with Gasteiger partial charge in [-0.1, -0.05) is 0 Å². The molecule has 1 atom stereocenters. The minimum Gasteiger partial charge on any atom is -0.481 e. The maximum Gasteiger partial charge on any atom is 0.317 e. The molecule has 0 spiro atoms. The second kappa shape index (κ2) is 6.96. The third-order valence-electron chi connectivity index (χ3n) is 3.24. The van der Waals surface area contributed by atoms with E-state index in [1.54, 1.807) is 11.8 Å². The van der Waals surface area contributed by atoms with Gasteiger partial charge in [0.1, 0.15) is 0 Å². The molecule has 0 bridgehead atoms. The lowest BCUT2D eigenvalue weighted by molar-refractivity contribution is -0.137. The Kier molecular flexibility index (Phi) is 5.59. The van der Waals surface area contributed by atoms with Crippen molar-refractivity contribution in [1.29, 1.82) is 0 Å². The molecule has 1 rings (SSSR count). The van der Waals surface area contributed by atoms with Crippen molar-refractivity contribution < 1.29 is 19.5 Å². The van der Waals surface area contributed by atoms with Crippen LogP contribution in [0, 0.1) is 5.92 Å². The largest absolute Gasteiger partial charge is 0.481 e. The average Bonchev–Trinajstić information content (AvgIpc) is 2.27. The molecule has 0 saturated carbocycles. The van der Waals surface area contributed by atoms with E-state index in [9.17, 15) is 14.4 Å². The second-order valence-corrected chi connectivity index (χ2v) is 5.05. The molecule has 7 nitrogen and oxygen atoms in total. The maximum atomic E-state index is 11.8. The van der Waals surface area contributed by atoms with Crippen LogP contribution in [0.2, 0.25) is 0 Å². The minimum atomic E-state index is -0.937. The number of rotatable bonds is 5. The average molecular weight is 271 g/mol. The quantitative estimate of drug-likeness (QED) is 0.660. The van der Waals surface area contributed by atoms with Gasteiger partial charge in [0.15, 0.2) is 0 Å². The Balaban J connectivity index is 2.32. The van der Waals surface area contributed by atoms with Crippen molar-refractivity contribution in [2.24, 2.45) is 11.7 Å². The first-order valence-corrected chi connectivity index (χ1v) is 6.44. The molecule has 1 aliphatic rings. The van der Waals surface area contributed by atoms with Gasteiger partial charge in [0.05, 0.1) is 6.42 Å². The van der Waals surface area contributed by atoms with Crippen molar-refractivity contribution in [3.05, 3.63) is 0 Å². The topological polar surface area (TPSA) is 113 Å². The summed E-state index contributed by atoms with van der Waals surface area (Å²) in [5.74, 6) is -0.996. The Bertz CT molecular complexity index is 351. The first-order valence-electron chi connectivity index (χ1n) is 6.44. The van der Waals surface area contributed by atoms with Crippen LogP contribution >= 0.6 is 0 Å². The summed E-state index contributed by atoms with van der Waals surface area (Å²) in [7, 11) is 0. The smallest absolute Gasteiger partial charge is 0.317 e. The highest BCUT2D eigenvalue weighted by Crippen LogP contribution is 2.20. The number of hydrogen-bond donors (Lipinski definition) is 3. The zero-order valence-electron chi connectivity index (χ0n) is 11.1. The van der Waals surface area contributed by atoms with Gasteiger partial charge in [-0.15, -0.1) is 0 Å². The number of carbonyl (C=O) groups is 3. The second-order valence-electron chi connectivity index (χ2n) is 5.05. The molecule has 108 valence electrons. The van der Waals surface area contributed by atoms with Crippen LogP contribution in [0.25, 0.3) is 0 Å². The Hall–Kier alpha value is -1.79. The van der Waals surface area contributed by atoms with E-state index in [1.807, 2.05) is 0 Å². The van der Waals surface area contributed by atoms with Crippen molar-refractivity contribution in [1.82, 2.24) is 10.2 Å². The molecular weight excluding hydrogens is 250 g/mol. The summed E-state index contributed by atoms with van der Waals surface area (Å²) in [6.45, 7) is 2.80. The number of carboxylic acid groups (broad SMARTS) is 1. The summed E-state index contributed by atoms with van der Waals surface area (Å²) in [5.41, 5.74) is 5.14. The molecule has 0 radical (unpaired) electrons. The summed E-state index contributed by atoms with van der Waals surface area (Å²) in [6.07, 6.45) is 1.78. The SMILES string of the molecule is CC(CC(=O)O)NC(=O)N1CCC(CC(N)=O)CC1. The van der Waals surface area contributed by atoms with Crippen LogP contribution in [0.5, 0.6) is 0 Å². The van der Waals surface area contributed by atoms with Gasteiger partial charge in [0, 0.05) is 25.6 Å². The van der Waals surface area contributed by atoms with Crippen molar-refractivity contribution in [3.8, 4) is 0 Å². The molecule has 1 unspecified atom stereocenters. The normalized spacial score (nSPS) is 17.8. The van der Waals surface area contributed by atoms with Crippen molar-refractivity contribution in [2.75, 3.05) is 13.1 Å². The molecule has 1 fully saturated rings. The number of amides is 3. The number of likely N-dealkylation sites (tertiary alicyclic amines) is 1. The van der Waals surface area contributed by atoms with Gasteiger partial charge in [0.25, 0.3) is 0 Å². The Labute approximate surface area is 112 Å².